The maximum atomic E-state index is 5.81. The van der Waals surface area contributed by atoms with Crippen LogP contribution in [-0.2, 0) is 20.0 Å². The van der Waals surface area contributed by atoms with Gasteiger partial charge >= 0.3 is 0 Å². The molecule has 0 saturated heterocycles. The molecular weight excluding hydrogens is 214 g/mol. The monoisotopic (exact) mass is 233 g/mol. The smallest absolute Gasteiger partial charge is 0.140 e. The van der Waals surface area contributed by atoms with Gasteiger partial charge in [0.25, 0.3) is 0 Å². The summed E-state index contributed by atoms with van der Waals surface area (Å²) in [6.07, 6.45) is 5.83. The second-order valence-electron chi connectivity index (χ2n) is 4.18. The van der Waals surface area contributed by atoms with Gasteiger partial charge in [0, 0.05) is 38.0 Å². The fourth-order valence-corrected chi connectivity index (χ4v) is 2.17. The Morgan fingerprint density at radius 2 is 2.18 bits per heavy atom. The number of nitrogens with two attached hydrogens (primary N) is 1. The van der Waals surface area contributed by atoms with E-state index in [0.717, 1.165) is 35.7 Å². The first kappa shape index (κ1) is 11.9. The van der Waals surface area contributed by atoms with E-state index in [0.29, 0.717) is 6.54 Å². The molecule has 0 amide bonds. The van der Waals surface area contributed by atoms with Crippen molar-refractivity contribution in [2.45, 2.75) is 33.2 Å². The van der Waals surface area contributed by atoms with Crippen LogP contribution >= 0.6 is 0 Å². The molecule has 0 aromatic carbocycles. The van der Waals surface area contributed by atoms with Crippen molar-refractivity contribution in [1.82, 2.24) is 19.3 Å². The highest BCUT2D eigenvalue weighted by Crippen LogP contribution is 2.19. The first-order chi connectivity index (χ1) is 8.19. The second-order valence-corrected chi connectivity index (χ2v) is 4.18. The minimum absolute atomic E-state index is 0.499. The summed E-state index contributed by atoms with van der Waals surface area (Å²) in [5, 5.41) is 4.43. The van der Waals surface area contributed by atoms with Gasteiger partial charge in [-0.3, -0.25) is 9.25 Å². The van der Waals surface area contributed by atoms with Gasteiger partial charge in [-0.2, -0.15) is 5.10 Å². The Kier molecular flexibility index (Phi) is 3.28. The van der Waals surface area contributed by atoms with Crippen LogP contribution < -0.4 is 5.73 Å². The van der Waals surface area contributed by atoms with Gasteiger partial charge < -0.3 is 5.73 Å². The van der Waals surface area contributed by atoms with Gasteiger partial charge in [-0.25, -0.2) is 4.98 Å². The van der Waals surface area contributed by atoms with Crippen molar-refractivity contribution in [3.8, 4) is 5.82 Å². The van der Waals surface area contributed by atoms with Crippen LogP contribution in [0.5, 0.6) is 0 Å². The Balaban J connectivity index is 2.55. The van der Waals surface area contributed by atoms with E-state index < -0.39 is 0 Å². The molecule has 92 valence electrons. The number of hydrogen-bond donors (Lipinski definition) is 1. The topological polar surface area (TPSA) is 61.7 Å². The van der Waals surface area contributed by atoms with Gasteiger partial charge in [0.05, 0.1) is 5.69 Å². The van der Waals surface area contributed by atoms with E-state index in [1.165, 1.54) is 0 Å². The van der Waals surface area contributed by atoms with E-state index in [1.54, 1.807) is 0 Å². The Hall–Kier alpha value is -1.62. The average Bonchev–Trinajstić information content (AvgIpc) is 2.83. The number of rotatable bonds is 4. The molecule has 0 bridgehead atoms. The molecule has 2 aromatic heterocycles. The van der Waals surface area contributed by atoms with Crippen molar-refractivity contribution in [1.29, 1.82) is 0 Å². The predicted molar refractivity (Wildman–Crippen MR) is 67.0 cm³/mol. The first-order valence-corrected chi connectivity index (χ1v) is 5.94. The second kappa shape index (κ2) is 4.71. The lowest BCUT2D eigenvalue weighted by atomic mass is 10.2. The first-order valence-electron chi connectivity index (χ1n) is 5.94. The molecule has 0 spiro atoms. The highest BCUT2D eigenvalue weighted by Gasteiger charge is 2.15. The maximum Gasteiger partial charge on any atom is 0.140 e. The standard InChI is InChI=1S/C12H19N5/c1-4-5-11-14-6-7-17(11)12-10(8-13)9(2)15-16(12)3/h6-7H,4-5,8,13H2,1-3H3. The third-order valence-corrected chi connectivity index (χ3v) is 2.94. The number of aryl methyl sites for hydroxylation is 3. The number of hydrogen-bond acceptors (Lipinski definition) is 3. The van der Waals surface area contributed by atoms with E-state index in [9.17, 15) is 0 Å². The Bertz CT molecular complexity index is 509. The summed E-state index contributed by atoms with van der Waals surface area (Å²) < 4.78 is 3.96. The molecule has 0 radical (unpaired) electrons. The molecule has 5 heteroatoms. The van der Waals surface area contributed by atoms with Crippen molar-refractivity contribution in [2.24, 2.45) is 12.8 Å². The summed E-state index contributed by atoms with van der Waals surface area (Å²) in [6.45, 7) is 4.64. The van der Waals surface area contributed by atoms with Crippen LogP contribution in [0, 0.1) is 6.92 Å². The van der Waals surface area contributed by atoms with Crippen molar-refractivity contribution in [2.75, 3.05) is 0 Å². The Morgan fingerprint density at radius 3 is 2.82 bits per heavy atom. The fraction of sp³-hybridized carbons (Fsp3) is 0.500. The van der Waals surface area contributed by atoms with Gasteiger partial charge in [0.15, 0.2) is 0 Å². The highest BCUT2D eigenvalue weighted by atomic mass is 15.3. The summed E-state index contributed by atoms with van der Waals surface area (Å²) in [5.41, 5.74) is 7.88. The van der Waals surface area contributed by atoms with Crippen LogP contribution in [0.4, 0.5) is 0 Å². The SMILES string of the molecule is CCCc1nccn1-c1c(CN)c(C)nn1C. The molecule has 2 N–H and O–H groups in total. The molecule has 0 aliphatic carbocycles. The quantitative estimate of drug-likeness (QED) is 0.866. The van der Waals surface area contributed by atoms with Crippen LogP contribution in [0.1, 0.15) is 30.4 Å². The molecule has 0 atom stereocenters. The molecule has 0 aliphatic heterocycles. The van der Waals surface area contributed by atoms with Gasteiger partial charge in [-0.1, -0.05) is 6.92 Å². The Labute approximate surface area is 101 Å². The van der Waals surface area contributed by atoms with Crippen LogP contribution in [0.25, 0.3) is 5.82 Å². The third kappa shape index (κ3) is 1.98. The van der Waals surface area contributed by atoms with E-state index in [-0.39, 0.29) is 0 Å². The molecule has 0 unspecified atom stereocenters. The normalized spacial score (nSPS) is 11.1. The lowest BCUT2D eigenvalue weighted by Gasteiger charge is -2.09. The average molecular weight is 233 g/mol. The summed E-state index contributed by atoms with van der Waals surface area (Å²) in [5.74, 6) is 2.09. The van der Waals surface area contributed by atoms with Crippen molar-refractivity contribution >= 4 is 0 Å². The van der Waals surface area contributed by atoms with Gasteiger partial charge in [-0.15, -0.1) is 0 Å². The molecule has 0 fully saturated rings. The van der Waals surface area contributed by atoms with E-state index >= 15 is 0 Å². The molecule has 2 aromatic rings. The zero-order valence-electron chi connectivity index (χ0n) is 10.6. The maximum absolute atomic E-state index is 5.81. The van der Waals surface area contributed by atoms with E-state index in [4.69, 9.17) is 5.73 Å². The largest absolute Gasteiger partial charge is 0.326 e. The van der Waals surface area contributed by atoms with Crippen molar-refractivity contribution < 1.29 is 0 Å². The summed E-state index contributed by atoms with van der Waals surface area (Å²) in [4.78, 5) is 4.39. The molecule has 17 heavy (non-hydrogen) atoms. The highest BCUT2D eigenvalue weighted by molar-refractivity contribution is 5.39. The molecular formula is C12H19N5. The zero-order valence-corrected chi connectivity index (χ0v) is 10.6. The molecule has 5 nitrogen and oxygen atoms in total. The fourth-order valence-electron chi connectivity index (χ4n) is 2.17. The predicted octanol–water partition coefficient (Wildman–Crippen LogP) is 1.33. The van der Waals surface area contributed by atoms with E-state index in [2.05, 4.69) is 21.6 Å². The zero-order chi connectivity index (χ0) is 12.4. The van der Waals surface area contributed by atoms with Crippen LogP contribution in [0.2, 0.25) is 0 Å². The van der Waals surface area contributed by atoms with Crippen LogP contribution in [0.15, 0.2) is 12.4 Å². The van der Waals surface area contributed by atoms with Crippen molar-refractivity contribution in [3.63, 3.8) is 0 Å². The van der Waals surface area contributed by atoms with Crippen LogP contribution in [-0.4, -0.2) is 19.3 Å². The van der Waals surface area contributed by atoms with Gasteiger partial charge in [-0.05, 0) is 13.3 Å². The lowest BCUT2D eigenvalue weighted by molar-refractivity contribution is 0.698. The number of aromatic nitrogens is 4. The van der Waals surface area contributed by atoms with Crippen molar-refractivity contribution in [3.05, 3.63) is 29.5 Å². The van der Waals surface area contributed by atoms with Gasteiger partial charge in [0.2, 0.25) is 0 Å². The lowest BCUT2D eigenvalue weighted by Crippen LogP contribution is -2.10. The van der Waals surface area contributed by atoms with Crippen LogP contribution in [0.3, 0.4) is 0 Å². The molecule has 2 rings (SSSR count). The molecule has 2 heterocycles. The van der Waals surface area contributed by atoms with E-state index in [1.807, 2.05) is 31.0 Å². The molecule has 0 aliphatic rings. The minimum atomic E-state index is 0.499. The number of imidazole rings is 1. The summed E-state index contributed by atoms with van der Waals surface area (Å²) >= 11 is 0. The third-order valence-electron chi connectivity index (χ3n) is 2.94. The number of nitrogens with zero attached hydrogens (tertiary/aromatic N) is 4. The van der Waals surface area contributed by atoms with Gasteiger partial charge in [0.1, 0.15) is 11.6 Å². The summed E-state index contributed by atoms with van der Waals surface area (Å²) in [7, 11) is 1.94. The summed E-state index contributed by atoms with van der Waals surface area (Å²) in [6, 6.07) is 0. The Morgan fingerprint density at radius 1 is 1.41 bits per heavy atom. The molecule has 0 saturated carbocycles. The minimum Gasteiger partial charge on any atom is -0.326 e.